The average molecular weight is 1140 g/mol. The number of rotatable bonds is 50. The summed E-state index contributed by atoms with van der Waals surface area (Å²) in [6.45, 7) is 20.2. The van der Waals surface area contributed by atoms with Gasteiger partial charge in [-0.1, -0.05) is 47.6 Å². The molecule has 0 aromatic carbocycles. The molecule has 1 aliphatic rings. The second kappa shape index (κ2) is 46.2. The van der Waals surface area contributed by atoms with E-state index < -0.39 is 90.2 Å². The summed E-state index contributed by atoms with van der Waals surface area (Å²) in [5.74, 6) is -4.49. The molecule has 7 atom stereocenters. The largest absolute Gasteiger partial charge is 0.468 e. The minimum Gasteiger partial charge on any atom is -0.468 e. The lowest BCUT2D eigenvalue weighted by atomic mass is 10.0. The number of ether oxygens (including phenoxy) is 1. The van der Waals surface area contributed by atoms with Crippen molar-refractivity contribution in [3.63, 3.8) is 0 Å². The van der Waals surface area contributed by atoms with Crippen LogP contribution in [0.2, 0.25) is 0 Å². The second-order valence-electron chi connectivity index (χ2n) is 20.2. The molecule has 25 nitrogen and oxygen atoms in total. The maximum atomic E-state index is 14.2. The van der Waals surface area contributed by atoms with Gasteiger partial charge in [0.15, 0.2) is 0 Å². The standard InChI is InChI=1S/C55H105N15O10/c1-7-58-31-18-13-23-41(62-11-5)51(75)67-44(24-12-17-30-56)52(76)65-43(26-15-20-33-60-9-3)50(74)64-38-48(72)70-35-22-28-47(70)55(79)69-45(27-16-21-34-61-10-4)53(77)68-46(29-36-80-39-71)54(78)66-42(25-14-19-32-59-8-2)49(73)63-37-40(6)57/h39,41-47,58-62H,6-38,56-57H2,1-5H3,(H,63,73)(H,64,74)(H,65,76)(H,66,78)(H,67,75)(H,68,77)(H,69,79). The third-order valence-electron chi connectivity index (χ3n) is 13.6. The second-order valence-corrected chi connectivity index (χ2v) is 20.2. The van der Waals surface area contributed by atoms with Crippen molar-refractivity contribution in [3.8, 4) is 0 Å². The molecule has 8 amide bonds. The Balaban J connectivity index is 3.34. The summed E-state index contributed by atoms with van der Waals surface area (Å²) < 4.78 is 4.91. The van der Waals surface area contributed by atoms with E-state index >= 15 is 0 Å². The number of hydrogen-bond acceptors (Lipinski definition) is 17. The summed E-state index contributed by atoms with van der Waals surface area (Å²) in [6.07, 6.45) is 8.81. The van der Waals surface area contributed by atoms with Gasteiger partial charge in [-0.2, -0.15) is 0 Å². The van der Waals surface area contributed by atoms with E-state index in [1.807, 2.05) is 34.6 Å². The van der Waals surface area contributed by atoms with Gasteiger partial charge in [-0.15, -0.1) is 0 Å². The minimum absolute atomic E-state index is 0.0162. The number of amides is 8. The molecule has 1 aliphatic heterocycles. The number of nitrogens with two attached hydrogens (primary N) is 2. The van der Waals surface area contributed by atoms with Gasteiger partial charge in [-0.25, -0.2) is 0 Å². The third kappa shape index (κ3) is 32.1. The van der Waals surface area contributed by atoms with E-state index in [2.05, 4.69) is 70.4 Å². The Kier molecular flexibility index (Phi) is 41.9. The molecular weight excluding hydrogens is 1030 g/mol. The Bertz CT molecular complexity index is 1820. The van der Waals surface area contributed by atoms with Crippen LogP contribution >= 0.6 is 0 Å². The van der Waals surface area contributed by atoms with Crippen molar-refractivity contribution in [2.45, 2.75) is 192 Å². The monoisotopic (exact) mass is 1140 g/mol. The highest BCUT2D eigenvalue weighted by Gasteiger charge is 2.37. The molecule has 460 valence electrons. The predicted octanol–water partition coefficient (Wildman–Crippen LogP) is -1.10. The number of likely N-dealkylation sites (tertiary alicyclic amines) is 1. The summed E-state index contributed by atoms with van der Waals surface area (Å²) >= 11 is 0. The third-order valence-corrected chi connectivity index (χ3v) is 13.6. The molecular formula is C55H105N15O10. The number of unbranched alkanes of at least 4 members (excludes halogenated alkanes) is 5. The number of nitrogens with zero attached hydrogens (tertiary/aromatic N) is 1. The molecule has 1 saturated heterocycles. The summed E-state index contributed by atoms with van der Waals surface area (Å²) in [4.78, 5) is 124. The van der Waals surface area contributed by atoms with Gasteiger partial charge in [0.05, 0.1) is 25.7 Å². The van der Waals surface area contributed by atoms with Crippen LogP contribution in [0.5, 0.6) is 0 Å². The Morgan fingerprint density at radius 2 is 0.912 bits per heavy atom. The van der Waals surface area contributed by atoms with Gasteiger partial charge in [0.25, 0.3) is 6.47 Å². The SMILES string of the molecule is C=C(N)CNC(=O)C(CCCCNCC)NC(=O)C(CCOC=O)NC(=O)C(CCCCNCC)NC(=O)C1CCCN1C(=O)CNC(=O)C(CCCCNCC)NC(=O)C(CCCCN)NC(=O)C(CCCCNCC)NCC. The summed E-state index contributed by atoms with van der Waals surface area (Å²) in [6, 6.07) is -6.95. The van der Waals surface area contributed by atoms with Gasteiger partial charge < -0.3 is 84.9 Å². The van der Waals surface area contributed by atoms with Crippen molar-refractivity contribution < 1.29 is 47.9 Å². The van der Waals surface area contributed by atoms with Crippen molar-refractivity contribution >= 4 is 53.7 Å². The number of hydrogen-bond donors (Lipinski definition) is 14. The predicted molar refractivity (Wildman–Crippen MR) is 310 cm³/mol. The Hall–Kier alpha value is -5.47. The molecule has 7 unspecified atom stereocenters. The molecule has 16 N–H and O–H groups in total. The molecule has 0 radical (unpaired) electrons. The lowest BCUT2D eigenvalue weighted by Crippen LogP contribution is -2.58. The zero-order valence-corrected chi connectivity index (χ0v) is 49.1. The van der Waals surface area contributed by atoms with Crippen LogP contribution in [-0.2, 0) is 47.9 Å². The van der Waals surface area contributed by atoms with Crippen molar-refractivity contribution in [3.05, 3.63) is 12.3 Å². The Labute approximate surface area is 476 Å². The Morgan fingerprint density at radius 1 is 0.525 bits per heavy atom. The first kappa shape index (κ1) is 72.5. The lowest BCUT2D eigenvalue weighted by molar-refractivity contribution is -0.140. The van der Waals surface area contributed by atoms with Crippen LogP contribution in [0.3, 0.4) is 0 Å². The van der Waals surface area contributed by atoms with Crippen molar-refractivity contribution in [2.24, 2.45) is 11.5 Å². The van der Waals surface area contributed by atoms with Crippen LogP contribution in [0, 0.1) is 0 Å². The van der Waals surface area contributed by atoms with E-state index in [1.165, 1.54) is 4.90 Å². The molecule has 1 rings (SSSR count). The van der Waals surface area contributed by atoms with Gasteiger partial charge in [0.1, 0.15) is 36.3 Å². The first-order valence-electron chi connectivity index (χ1n) is 29.7. The molecule has 0 aromatic heterocycles. The normalized spacial score (nSPS) is 15.3. The number of carbonyl (C=O) groups is 9. The van der Waals surface area contributed by atoms with Crippen LogP contribution in [0.4, 0.5) is 0 Å². The van der Waals surface area contributed by atoms with Crippen LogP contribution in [0.15, 0.2) is 12.3 Å². The van der Waals surface area contributed by atoms with E-state index in [1.54, 1.807) is 0 Å². The van der Waals surface area contributed by atoms with E-state index in [-0.39, 0.29) is 69.9 Å². The van der Waals surface area contributed by atoms with Crippen LogP contribution in [-0.4, -0.2) is 193 Å². The summed E-state index contributed by atoms with van der Waals surface area (Å²) in [5.41, 5.74) is 11.7. The number of nitrogens with one attached hydrogen (secondary N) is 12. The average Bonchev–Trinajstić information content (AvgIpc) is 3.97. The minimum atomic E-state index is -1.29. The zero-order valence-electron chi connectivity index (χ0n) is 49.1. The van der Waals surface area contributed by atoms with E-state index in [0.29, 0.717) is 96.9 Å². The molecule has 0 saturated carbocycles. The fraction of sp³-hybridized carbons (Fsp3) is 0.800. The van der Waals surface area contributed by atoms with Crippen molar-refractivity contribution in [1.29, 1.82) is 0 Å². The highest BCUT2D eigenvalue weighted by Crippen LogP contribution is 2.19. The number of likely N-dealkylation sites (N-methyl/N-ethyl adjacent to an activating group) is 1. The fourth-order valence-corrected chi connectivity index (χ4v) is 9.15. The van der Waals surface area contributed by atoms with Gasteiger partial charge >= 0.3 is 0 Å². The first-order chi connectivity index (χ1) is 38.6. The summed E-state index contributed by atoms with van der Waals surface area (Å²) in [5, 5.41) is 35.7. The molecule has 1 heterocycles. The van der Waals surface area contributed by atoms with Crippen molar-refractivity contribution in [2.75, 3.05) is 91.7 Å². The molecule has 0 spiro atoms. The molecule has 25 heteroatoms. The highest BCUT2D eigenvalue weighted by atomic mass is 16.5. The molecule has 1 fully saturated rings. The molecule has 80 heavy (non-hydrogen) atoms. The van der Waals surface area contributed by atoms with Crippen LogP contribution in [0.25, 0.3) is 0 Å². The maximum Gasteiger partial charge on any atom is 0.293 e. The van der Waals surface area contributed by atoms with E-state index in [0.717, 1.165) is 52.0 Å². The fourth-order valence-electron chi connectivity index (χ4n) is 9.15. The van der Waals surface area contributed by atoms with Gasteiger partial charge in [0, 0.05) is 18.7 Å². The van der Waals surface area contributed by atoms with Gasteiger partial charge in [-0.3, -0.25) is 43.2 Å². The maximum absolute atomic E-state index is 14.2. The smallest absolute Gasteiger partial charge is 0.293 e. The summed E-state index contributed by atoms with van der Waals surface area (Å²) in [7, 11) is 0. The zero-order chi connectivity index (χ0) is 59.3. The van der Waals surface area contributed by atoms with E-state index in [9.17, 15) is 43.2 Å². The van der Waals surface area contributed by atoms with E-state index in [4.69, 9.17) is 16.2 Å². The molecule has 0 aliphatic carbocycles. The van der Waals surface area contributed by atoms with Gasteiger partial charge in [-0.05, 0) is 168 Å². The lowest BCUT2D eigenvalue weighted by Gasteiger charge is -2.28. The topological polar surface area (TPSA) is 362 Å². The quantitative estimate of drug-likeness (QED) is 0.0254. The van der Waals surface area contributed by atoms with Crippen molar-refractivity contribution in [1.82, 2.24) is 68.7 Å². The van der Waals surface area contributed by atoms with Crippen LogP contribution < -0.4 is 75.3 Å². The van der Waals surface area contributed by atoms with Gasteiger partial charge in [0.2, 0.25) is 47.3 Å². The first-order valence-corrected chi connectivity index (χ1v) is 29.7. The number of carbonyl (C=O) groups excluding carboxylic acids is 9. The Morgan fingerprint density at radius 3 is 1.32 bits per heavy atom. The highest BCUT2D eigenvalue weighted by molar-refractivity contribution is 5.97. The van der Waals surface area contributed by atoms with Crippen LogP contribution in [0.1, 0.15) is 150 Å². The molecule has 0 aromatic rings. The molecule has 0 bridgehead atoms.